The molecule has 1 rings (SSSR count). The third-order valence-corrected chi connectivity index (χ3v) is 2.52. The average Bonchev–Trinajstić information content (AvgIpc) is 2.38. The number of benzene rings is 1. The summed E-state index contributed by atoms with van der Waals surface area (Å²) in [5.41, 5.74) is -2.11. The van der Waals surface area contributed by atoms with Gasteiger partial charge in [0, 0.05) is 0 Å². The molecular weight excluding hydrogens is 306 g/mol. The van der Waals surface area contributed by atoms with Crippen LogP contribution in [0.2, 0.25) is 0 Å². The van der Waals surface area contributed by atoms with E-state index in [1.54, 1.807) is 27.7 Å². The first-order valence-corrected chi connectivity index (χ1v) is 6.83. The number of carbonyl (C=O) groups excluding carboxylic acids is 2. The van der Waals surface area contributed by atoms with Crippen LogP contribution >= 0.6 is 0 Å². The van der Waals surface area contributed by atoms with Gasteiger partial charge < -0.3 is 19.7 Å². The van der Waals surface area contributed by atoms with Crippen molar-refractivity contribution in [1.29, 1.82) is 0 Å². The summed E-state index contributed by atoms with van der Waals surface area (Å²) < 4.78 is 9.78. The molecule has 0 unspecified atom stereocenters. The highest BCUT2D eigenvalue weighted by atomic mass is 16.6. The maximum Gasteiger partial charge on any atom is 0.412 e. The molecule has 0 radical (unpaired) electrons. The van der Waals surface area contributed by atoms with Gasteiger partial charge in [-0.2, -0.15) is 0 Å². The van der Waals surface area contributed by atoms with E-state index in [2.05, 4.69) is 5.32 Å². The molecule has 0 heterocycles. The fraction of sp³-hybridized carbons (Fsp3) is 0.400. The predicted molar refractivity (Wildman–Crippen MR) is 80.9 cm³/mol. The smallest absolute Gasteiger partial charge is 0.412 e. The molecule has 0 fully saturated rings. The van der Waals surface area contributed by atoms with E-state index >= 15 is 0 Å². The molecule has 0 aliphatic heterocycles. The lowest BCUT2D eigenvalue weighted by molar-refractivity contribution is 0.0513. The Labute approximate surface area is 133 Å². The molecule has 23 heavy (non-hydrogen) atoms. The normalized spacial score (nSPS) is 10.8. The first kappa shape index (κ1) is 18.3. The first-order valence-electron chi connectivity index (χ1n) is 6.83. The monoisotopic (exact) mass is 325 g/mol. The minimum Gasteiger partial charge on any atom is -0.506 e. The largest absolute Gasteiger partial charge is 0.506 e. The number of rotatable bonds is 4. The molecule has 8 heteroatoms. The van der Waals surface area contributed by atoms with E-state index < -0.39 is 40.6 Å². The third kappa shape index (κ3) is 4.87. The van der Waals surface area contributed by atoms with Gasteiger partial charge in [-0.3, -0.25) is 5.32 Å². The van der Waals surface area contributed by atoms with Crippen molar-refractivity contribution in [3.63, 3.8) is 0 Å². The van der Waals surface area contributed by atoms with Gasteiger partial charge in [-0.15, -0.1) is 0 Å². The molecule has 0 aliphatic carbocycles. The third-order valence-electron chi connectivity index (χ3n) is 2.52. The van der Waals surface area contributed by atoms with Crippen molar-refractivity contribution < 1.29 is 34.1 Å². The number of carboxylic acid groups (broad SMARTS) is 1. The van der Waals surface area contributed by atoms with Crippen LogP contribution in [0.4, 0.5) is 10.5 Å². The van der Waals surface area contributed by atoms with E-state index in [0.717, 1.165) is 12.1 Å². The Morgan fingerprint density at radius 1 is 1.22 bits per heavy atom. The van der Waals surface area contributed by atoms with E-state index in [4.69, 9.17) is 9.47 Å². The minimum absolute atomic E-state index is 0.0492. The molecule has 1 amide bonds. The van der Waals surface area contributed by atoms with Crippen molar-refractivity contribution in [2.75, 3.05) is 11.9 Å². The molecule has 8 nitrogen and oxygen atoms in total. The Balaban J connectivity index is 3.30. The number of aromatic carboxylic acids is 1. The van der Waals surface area contributed by atoms with Crippen molar-refractivity contribution in [3.8, 4) is 5.75 Å². The van der Waals surface area contributed by atoms with Gasteiger partial charge in [0.1, 0.15) is 22.6 Å². The van der Waals surface area contributed by atoms with Crippen molar-refractivity contribution in [1.82, 2.24) is 0 Å². The summed E-state index contributed by atoms with van der Waals surface area (Å²) in [6.45, 7) is 6.49. The molecule has 0 spiro atoms. The topological polar surface area (TPSA) is 122 Å². The Bertz CT molecular complexity index is 631. The summed E-state index contributed by atoms with van der Waals surface area (Å²) in [7, 11) is 0. The van der Waals surface area contributed by atoms with Crippen LogP contribution in [-0.2, 0) is 9.47 Å². The Morgan fingerprint density at radius 2 is 1.83 bits per heavy atom. The molecule has 0 aliphatic rings. The van der Waals surface area contributed by atoms with Crippen LogP contribution in [0.5, 0.6) is 5.75 Å². The Kier molecular flexibility index (Phi) is 5.56. The van der Waals surface area contributed by atoms with Gasteiger partial charge in [-0.05, 0) is 39.8 Å². The maximum absolute atomic E-state index is 11.8. The average molecular weight is 325 g/mol. The molecule has 0 atom stereocenters. The second-order valence-corrected chi connectivity index (χ2v) is 5.53. The molecule has 126 valence electrons. The van der Waals surface area contributed by atoms with Crippen molar-refractivity contribution in [2.45, 2.75) is 33.3 Å². The first-order chi connectivity index (χ1) is 10.6. The van der Waals surface area contributed by atoms with Gasteiger partial charge in [0.2, 0.25) is 0 Å². The number of carbonyl (C=O) groups is 3. The van der Waals surface area contributed by atoms with Crippen LogP contribution in [0.15, 0.2) is 12.1 Å². The molecule has 0 saturated heterocycles. The number of ether oxygens (including phenoxy) is 2. The fourth-order valence-corrected chi connectivity index (χ4v) is 1.72. The highest BCUT2D eigenvalue weighted by Gasteiger charge is 2.26. The Morgan fingerprint density at radius 3 is 2.30 bits per heavy atom. The lowest BCUT2D eigenvalue weighted by atomic mass is 10.0. The summed E-state index contributed by atoms with van der Waals surface area (Å²) >= 11 is 0. The van der Waals surface area contributed by atoms with E-state index in [1.165, 1.54) is 0 Å². The zero-order valence-corrected chi connectivity index (χ0v) is 13.3. The highest BCUT2D eigenvalue weighted by Crippen LogP contribution is 2.31. The quantitative estimate of drug-likeness (QED) is 0.574. The number of hydrogen-bond donors (Lipinski definition) is 3. The minimum atomic E-state index is -1.50. The molecule has 0 aromatic heterocycles. The van der Waals surface area contributed by atoms with Gasteiger partial charge in [-0.25, -0.2) is 14.4 Å². The van der Waals surface area contributed by atoms with E-state index in [-0.39, 0.29) is 12.2 Å². The zero-order valence-electron chi connectivity index (χ0n) is 13.3. The standard InChI is InChI=1S/C15H19NO7/c1-5-22-13(20)8-6-7-9(17)11(10(8)12(18)19)16-14(21)23-15(2,3)4/h6-7,17H,5H2,1-4H3,(H,16,21)(H,18,19). The van der Waals surface area contributed by atoms with Crippen LogP contribution in [0, 0.1) is 0 Å². The summed E-state index contributed by atoms with van der Waals surface area (Å²) in [6.07, 6.45) is -0.962. The molecule has 0 bridgehead atoms. The molecular formula is C15H19NO7. The molecule has 3 N–H and O–H groups in total. The van der Waals surface area contributed by atoms with Gasteiger partial charge in [0.05, 0.1) is 12.2 Å². The van der Waals surface area contributed by atoms with Gasteiger partial charge in [0.25, 0.3) is 0 Å². The van der Waals surface area contributed by atoms with Crippen LogP contribution < -0.4 is 5.32 Å². The molecule has 1 aromatic carbocycles. The summed E-state index contributed by atoms with van der Waals surface area (Å²) in [5.74, 6) is -2.89. The lowest BCUT2D eigenvalue weighted by Crippen LogP contribution is -2.28. The SMILES string of the molecule is CCOC(=O)c1ccc(O)c(NC(=O)OC(C)(C)C)c1C(=O)O. The van der Waals surface area contributed by atoms with E-state index in [0.29, 0.717) is 0 Å². The number of anilines is 1. The van der Waals surface area contributed by atoms with Crippen LogP contribution in [0.25, 0.3) is 0 Å². The number of esters is 1. The second kappa shape index (κ2) is 6.99. The Hall–Kier alpha value is -2.77. The van der Waals surface area contributed by atoms with Crippen molar-refractivity contribution in [3.05, 3.63) is 23.3 Å². The van der Waals surface area contributed by atoms with Crippen molar-refractivity contribution in [2.24, 2.45) is 0 Å². The second-order valence-electron chi connectivity index (χ2n) is 5.53. The maximum atomic E-state index is 11.8. The highest BCUT2D eigenvalue weighted by molar-refractivity contribution is 6.09. The summed E-state index contributed by atoms with van der Waals surface area (Å²) in [6, 6.07) is 2.20. The number of phenols is 1. The zero-order chi connectivity index (χ0) is 17.8. The predicted octanol–water partition coefficient (Wildman–Crippen LogP) is 2.61. The molecule has 1 aromatic rings. The number of nitrogens with one attached hydrogen (secondary N) is 1. The van der Waals surface area contributed by atoms with Crippen LogP contribution in [-0.4, -0.2) is 40.5 Å². The fourth-order valence-electron chi connectivity index (χ4n) is 1.72. The van der Waals surface area contributed by atoms with Crippen LogP contribution in [0.1, 0.15) is 48.4 Å². The lowest BCUT2D eigenvalue weighted by Gasteiger charge is -2.20. The summed E-state index contributed by atoms with van der Waals surface area (Å²) in [5, 5.41) is 21.3. The van der Waals surface area contributed by atoms with Crippen molar-refractivity contribution >= 4 is 23.7 Å². The summed E-state index contributed by atoms with van der Waals surface area (Å²) in [4.78, 5) is 35.1. The number of carboxylic acids is 1. The number of phenolic OH excluding ortho intramolecular Hbond substituents is 1. The van der Waals surface area contributed by atoms with Gasteiger partial charge >= 0.3 is 18.0 Å². The number of hydrogen-bond acceptors (Lipinski definition) is 6. The number of aromatic hydroxyl groups is 1. The van der Waals surface area contributed by atoms with Gasteiger partial charge in [0.15, 0.2) is 0 Å². The van der Waals surface area contributed by atoms with E-state index in [9.17, 15) is 24.6 Å². The van der Waals surface area contributed by atoms with Gasteiger partial charge in [-0.1, -0.05) is 0 Å². The molecule has 0 saturated carbocycles. The van der Waals surface area contributed by atoms with E-state index in [1.807, 2.05) is 0 Å². The number of amides is 1. The van der Waals surface area contributed by atoms with Crippen LogP contribution in [0.3, 0.4) is 0 Å².